The van der Waals surface area contributed by atoms with Crippen molar-refractivity contribution in [1.29, 1.82) is 0 Å². The van der Waals surface area contributed by atoms with Crippen molar-refractivity contribution in [3.63, 3.8) is 0 Å². The highest BCUT2D eigenvalue weighted by Gasteiger charge is 2.41. The van der Waals surface area contributed by atoms with Crippen LogP contribution in [0.2, 0.25) is 0 Å². The Balaban J connectivity index is 2.94. The molecule has 18 heavy (non-hydrogen) atoms. The van der Waals surface area contributed by atoms with Gasteiger partial charge in [-0.1, -0.05) is 0 Å². The van der Waals surface area contributed by atoms with E-state index in [4.69, 9.17) is 4.74 Å². The van der Waals surface area contributed by atoms with Gasteiger partial charge in [-0.05, 0) is 26.7 Å². The minimum Gasteiger partial charge on any atom is -0.381 e. The van der Waals surface area contributed by atoms with Gasteiger partial charge in [-0.3, -0.25) is 0 Å². The van der Waals surface area contributed by atoms with Crippen LogP contribution in [0.1, 0.15) is 26.7 Å². The second-order valence-electron chi connectivity index (χ2n) is 4.60. The molecule has 0 aromatic heterocycles. The van der Waals surface area contributed by atoms with Crippen LogP contribution in [0.5, 0.6) is 0 Å². The van der Waals surface area contributed by atoms with Gasteiger partial charge in [0, 0.05) is 19.3 Å². The van der Waals surface area contributed by atoms with Crippen molar-refractivity contribution >= 4 is 10.0 Å². The molecule has 108 valence electrons. The molecule has 0 amide bonds. The Morgan fingerprint density at radius 2 is 1.78 bits per heavy atom. The molecule has 0 unspecified atom stereocenters. The van der Waals surface area contributed by atoms with E-state index in [1.807, 2.05) is 0 Å². The van der Waals surface area contributed by atoms with E-state index in [1.165, 1.54) is 13.8 Å². The summed E-state index contributed by atoms with van der Waals surface area (Å²) in [5.41, 5.74) is 0. The third-order valence-corrected chi connectivity index (χ3v) is 5.13. The van der Waals surface area contributed by atoms with E-state index in [-0.39, 0.29) is 0 Å². The second kappa shape index (κ2) is 5.75. The molecule has 0 bridgehead atoms. The summed E-state index contributed by atoms with van der Waals surface area (Å²) in [6.45, 7) is 1.95. The average molecular weight is 289 g/mol. The number of hydrogen-bond donors (Lipinski definition) is 0. The zero-order valence-corrected chi connectivity index (χ0v) is 11.2. The first-order valence-electron chi connectivity index (χ1n) is 5.80. The molecule has 4 nitrogen and oxygen atoms in total. The molecule has 0 radical (unpaired) electrons. The molecule has 0 atom stereocenters. The third kappa shape index (κ3) is 4.10. The van der Waals surface area contributed by atoms with Crippen molar-refractivity contribution in [2.24, 2.45) is 0 Å². The van der Waals surface area contributed by atoms with Gasteiger partial charge in [-0.15, -0.1) is 0 Å². The fraction of sp³-hybridized carbons (Fsp3) is 1.00. The third-order valence-electron chi connectivity index (χ3n) is 2.86. The summed E-state index contributed by atoms with van der Waals surface area (Å²) in [6.07, 6.45) is -3.91. The highest BCUT2D eigenvalue weighted by Crippen LogP contribution is 2.26. The Labute approximate surface area is 105 Å². The quantitative estimate of drug-likeness (QED) is 0.792. The fourth-order valence-corrected chi connectivity index (χ4v) is 3.34. The predicted octanol–water partition coefficient (Wildman–Crippen LogP) is 1.77. The molecule has 0 aromatic carbocycles. The van der Waals surface area contributed by atoms with E-state index in [0.29, 0.717) is 30.4 Å². The van der Waals surface area contributed by atoms with Crippen LogP contribution in [-0.4, -0.2) is 49.9 Å². The highest BCUT2D eigenvalue weighted by molar-refractivity contribution is 7.89. The highest BCUT2D eigenvalue weighted by atomic mass is 32.2. The summed E-state index contributed by atoms with van der Waals surface area (Å²) in [5.74, 6) is 0. The summed E-state index contributed by atoms with van der Waals surface area (Å²) in [4.78, 5) is 0. The van der Waals surface area contributed by atoms with Crippen molar-refractivity contribution in [3.8, 4) is 0 Å². The Morgan fingerprint density at radius 1 is 1.28 bits per heavy atom. The maximum Gasteiger partial charge on any atom is 0.402 e. The monoisotopic (exact) mass is 289 g/mol. The zero-order valence-electron chi connectivity index (χ0n) is 10.4. The van der Waals surface area contributed by atoms with Gasteiger partial charge in [-0.25, -0.2) is 8.42 Å². The van der Waals surface area contributed by atoms with Gasteiger partial charge in [0.25, 0.3) is 0 Å². The van der Waals surface area contributed by atoms with E-state index in [2.05, 4.69) is 0 Å². The van der Waals surface area contributed by atoms with E-state index in [1.54, 1.807) is 0 Å². The Bertz CT molecular complexity index is 361. The zero-order chi connectivity index (χ0) is 14.0. The van der Waals surface area contributed by atoms with Gasteiger partial charge in [0.15, 0.2) is 0 Å². The number of nitrogens with zero attached hydrogens (tertiary/aromatic N) is 1. The summed E-state index contributed by atoms with van der Waals surface area (Å²) < 4.78 is 67.2. The Kier molecular flexibility index (Phi) is 5.02. The minimum absolute atomic E-state index is 0.298. The lowest BCUT2D eigenvalue weighted by Crippen LogP contribution is -2.50. The van der Waals surface area contributed by atoms with Crippen molar-refractivity contribution in [2.45, 2.75) is 44.2 Å². The number of alkyl halides is 3. The molecular weight excluding hydrogens is 271 g/mol. The molecule has 1 fully saturated rings. The lowest BCUT2D eigenvalue weighted by molar-refractivity contribution is -0.141. The molecule has 0 N–H and O–H groups in total. The molecule has 1 aliphatic rings. The molecule has 0 aliphatic carbocycles. The van der Waals surface area contributed by atoms with Crippen LogP contribution in [0, 0.1) is 0 Å². The summed E-state index contributed by atoms with van der Waals surface area (Å²) >= 11 is 0. The van der Waals surface area contributed by atoms with E-state index < -0.39 is 34.0 Å². The molecule has 1 heterocycles. The van der Waals surface area contributed by atoms with E-state index in [9.17, 15) is 21.6 Å². The van der Waals surface area contributed by atoms with Crippen LogP contribution < -0.4 is 0 Å². The average Bonchev–Trinajstić information content (AvgIpc) is 2.25. The number of ether oxygens (including phenoxy) is 1. The maximum atomic E-state index is 12.5. The second-order valence-corrected chi connectivity index (χ2v) is 7.04. The van der Waals surface area contributed by atoms with Crippen LogP contribution >= 0.6 is 0 Å². The summed E-state index contributed by atoms with van der Waals surface area (Å²) in [5, 5.41) is -0.859. The van der Waals surface area contributed by atoms with Crippen molar-refractivity contribution < 1.29 is 26.3 Å². The molecule has 0 aromatic rings. The van der Waals surface area contributed by atoms with Gasteiger partial charge in [0.2, 0.25) is 10.0 Å². The van der Waals surface area contributed by atoms with Crippen molar-refractivity contribution in [1.82, 2.24) is 4.31 Å². The van der Waals surface area contributed by atoms with Crippen LogP contribution in [0.15, 0.2) is 0 Å². The Morgan fingerprint density at radius 3 is 2.17 bits per heavy atom. The van der Waals surface area contributed by atoms with Gasteiger partial charge in [-0.2, -0.15) is 17.5 Å². The molecule has 0 spiro atoms. The topological polar surface area (TPSA) is 46.6 Å². The minimum atomic E-state index is -4.53. The van der Waals surface area contributed by atoms with Crippen molar-refractivity contribution in [3.05, 3.63) is 0 Å². The molecule has 0 saturated carbocycles. The first kappa shape index (κ1) is 15.7. The first-order valence-corrected chi connectivity index (χ1v) is 7.30. The summed E-state index contributed by atoms with van der Waals surface area (Å²) in [7, 11) is -3.91. The van der Waals surface area contributed by atoms with Gasteiger partial charge in [0.1, 0.15) is 6.54 Å². The Hall–Kier alpha value is -0.340. The fourth-order valence-electron chi connectivity index (χ4n) is 1.85. The lowest BCUT2D eigenvalue weighted by Gasteiger charge is -2.34. The van der Waals surface area contributed by atoms with E-state index >= 15 is 0 Å². The van der Waals surface area contributed by atoms with Gasteiger partial charge >= 0.3 is 6.18 Å². The smallest absolute Gasteiger partial charge is 0.381 e. The maximum absolute atomic E-state index is 12.5. The number of hydrogen-bond acceptors (Lipinski definition) is 3. The van der Waals surface area contributed by atoms with Gasteiger partial charge < -0.3 is 4.74 Å². The standard InChI is InChI=1S/C10H18F3NO3S/c1-8(2)18(15,16)14(7-10(11,12)13)9-3-5-17-6-4-9/h8-9H,3-7H2,1-2H3. The van der Waals surface area contributed by atoms with Crippen LogP contribution in [0.25, 0.3) is 0 Å². The van der Waals surface area contributed by atoms with Crippen LogP contribution in [0.3, 0.4) is 0 Å². The molecular formula is C10H18F3NO3S. The van der Waals surface area contributed by atoms with E-state index in [0.717, 1.165) is 0 Å². The van der Waals surface area contributed by atoms with Gasteiger partial charge in [0.05, 0.1) is 5.25 Å². The van der Waals surface area contributed by atoms with Crippen molar-refractivity contribution in [2.75, 3.05) is 19.8 Å². The number of rotatable bonds is 4. The summed E-state index contributed by atoms with van der Waals surface area (Å²) in [6, 6.07) is -0.618. The number of halogens is 3. The molecule has 1 saturated heterocycles. The molecule has 1 rings (SSSR count). The molecule has 1 aliphatic heterocycles. The van der Waals surface area contributed by atoms with Crippen LogP contribution in [-0.2, 0) is 14.8 Å². The normalized spacial score (nSPS) is 19.7. The first-order chi connectivity index (χ1) is 8.14. The lowest BCUT2D eigenvalue weighted by atomic mass is 10.1. The number of sulfonamides is 1. The SMILES string of the molecule is CC(C)S(=O)(=O)N(CC(F)(F)F)C1CCOCC1. The predicted molar refractivity (Wildman–Crippen MR) is 60.7 cm³/mol. The largest absolute Gasteiger partial charge is 0.402 e. The van der Waals surface area contributed by atoms with Crippen LogP contribution in [0.4, 0.5) is 13.2 Å². The molecule has 8 heteroatoms.